The molecule has 2 aliphatic rings. The molecule has 1 aliphatic carbocycles. The minimum absolute atomic E-state index is 0.0495. The van der Waals surface area contributed by atoms with Crippen molar-refractivity contribution < 1.29 is 14.7 Å². The fourth-order valence-corrected chi connectivity index (χ4v) is 5.82. The largest absolute Gasteiger partial charge is 0.463 e. The molecule has 1 fully saturated rings. The third-order valence-electron chi connectivity index (χ3n) is 5.32. The van der Waals surface area contributed by atoms with Gasteiger partial charge in [-0.05, 0) is 26.7 Å². The van der Waals surface area contributed by atoms with Gasteiger partial charge in [-0.1, -0.05) is 19.6 Å². The van der Waals surface area contributed by atoms with E-state index in [1.54, 1.807) is 0 Å². The number of rotatable bonds is 3. The molecule has 0 radical (unpaired) electrons. The van der Waals surface area contributed by atoms with Crippen LogP contribution in [0, 0.1) is 0 Å². The lowest BCUT2D eigenvalue weighted by Crippen LogP contribution is -2.39. The zero-order valence-corrected chi connectivity index (χ0v) is 15.3. The summed E-state index contributed by atoms with van der Waals surface area (Å²) in [4.78, 5) is 24.4. The highest BCUT2D eigenvalue weighted by atomic mass is 28.3. The van der Waals surface area contributed by atoms with Crippen molar-refractivity contribution >= 4 is 25.9 Å². The summed E-state index contributed by atoms with van der Waals surface area (Å²) >= 11 is 0. The fraction of sp³-hybridized carbons (Fsp3) is 0.667. The summed E-state index contributed by atoms with van der Waals surface area (Å²) in [5.41, 5.74) is 1.07. The van der Waals surface area contributed by atoms with E-state index in [-0.39, 0.29) is 10.9 Å². The van der Waals surface area contributed by atoms with Crippen molar-refractivity contribution in [3.63, 3.8) is 0 Å². The lowest BCUT2D eigenvalue weighted by molar-refractivity contribution is -0.117. The molecule has 1 saturated carbocycles. The van der Waals surface area contributed by atoms with Crippen molar-refractivity contribution in [3.05, 3.63) is 11.3 Å². The van der Waals surface area contributed by atoms with E-state index in [1.165, 1.54) is 0 Å². The van der Waals surface area contributed by atoms with Crippen molar-refractivity contribution in [2.45, 2.75) is 63.5 Å². The quantitative estimate of drug-likeness (QED) is 0.737. The maximum Gasteiger partial charge on any atom is 0.434 e. The summed E-state index contributed by atoms with van der Waals surface area (Å²) in [5, 5.41) is 19.5. The van der Waals surface area contributed by atoms with Gasteiger partial charge in [0.05, 0.1) is 19.3 Å². The number of aromatic nitrogens is 2. The highest BCUT2D eigenvalue weighted by Gasteiger charge is 2.59. The van der Waals surface area contributed by atoms with Gasteiger partial charge in [0.1, 0.15) is 5.82 Å². The molecule has 23 heavy (non-hydrogen) atoms. The molecule has 0 saturated heterocycles. The molecule has 0 aromatic carbocycles. The van der Waals surface area contributed by atoms with Crippen molar-refractivity contribution in [1.82, 2.24) is 15.1 Å². The van der Waals surface area contributed by atoms with Crippen LogP contribution in [-0.2, 0) is 16.9 Å². The van der Waals surface area contributed by atoms with Gasteiger partial charge in [-0.15, -0.1) is 4.68 Å². The van der Waals surface area contributed by atoms with Gasteiger partial charge in [0.2, 0.25) is 5.91 Å². The molecule has 1 aromatic heterocycles. The Labute approximate surface area is 136 Å². The van der Waals surface area contributed by atoms with Gasteiger partial charge in [0, 0.05) is 17.1 Å². The number of nitrogens with zero attached hydrogens (tertiary/aromatic N) is 2. The lowest BCUT2D eigenvalue weighted by Gasteiger charge is -2.27. The summed E-state index contributed by atoms with van der Waals surface area (Å²) in [7, 11) is -1.67. The smallest absolute Gasteiger partial charge is 0.434 e. The number of carboxylic acid groups (broad SMARTS) is 1. The van der Waals surface area contributed by atoms with Crippen LogP contribution in [0.3, 0.4) is 0 Å². The highest BCUT2D eigenvalue weighted by molar-refractivity contribution is 6.83. The number of hydrogen-bond donors (Lipinski definition) is 3. The Morgan fingerprint density at radius 1 is 1.30 bits per heavy atom. The van der Waals surface area contributed by atoms with Crippen LogP contribution < -0.4 is 10.6 Å². The first-order valence-corrected chi connectivity index (χ1v) is 11.4. The van der Waals surface area contributed by atoms with Crippen LogP contribution in [0.5, 0.6) is 0 Å². The number of hydrogen-bond acceptors (Lipinski definition) is 4. The molecular weight excluding hydrogens is 312 g/mol. The van der Waals surface area contributed by atoms with E-state index in [2.05, 4.69) is 35.4 Å². The SMILES string of the molecule is CC1(C)NCc2c1nn(C(=O)O)c2NC(=O)C1([Si](C)(C)C)CC1. The summed E-state index contributed by atoms with van der Waals surface area (Å²) in [6.45, 7) is 11.0. The Bertz CT molecular complexity index is 698. The molecule has 3 N–H and O–H groups in total. The van der Waals surface area contributed by atoms with Crippen LogP contribution in [0.15, 0.2) is 0 Å². The molecule has 7 nitrogen and oxygen atoms in total. The number of fused-ring (bicyclic) bond motifs is 1. The maximum atomic E-state index is 12.8. The maximum absolute atomic E-state index is 12.8. The molecule has 0 unspecified atom stereocenters. The Hall–Kier alpha value is -1.67. The second kappa shape index (κ2) is 4.67. The van der Waals surface area contributed by atoms with E-state index >= 15 is 0 Å². The fourth-order valence-electron chi connectivity index (χ4n) is 3.45. The summed E-state index contributed by atoms with van der Waals surface area (Å²) in [6.07, 6.45) is 0.604. The monoisotopic (exact) mass is 336 g/mol. The van der Waals surface area contributed by atoms with Gasteiger partial charge >= 0.3 is 6.09 Å². The molecular formula is C15H24N4O3Si. The molecule has 0 spiro atoms. The first kappa shape index (κ1) is 16.2. The van der Waals surface area contributed by atoms with Gasteiger partial charge in [-0.3, -0.25) is 4.79 Å². The first-order valence-electron chi connectivity index (χ1n) is 7.92. The van der Waals surface area contributed by atoms with Gasteiger partial charge in [0.25, 0.3) is 0 Å². The molecule has 0 atom stereocenters. The minimum Gasteiger partial charge on any atom is -0.463 e. The summed E-state index contributed by atoms with van der Waals surface area (Å²) in [5.74, 6) is 0.256. The molecule has 1 aliphatic heterocycles. The van der Waals surface area contributed by atoms with E-state index in [1.807, 2.05) is 13.8 Å². The van der Waals surface area contributed by atoms with Crippen molar-refractivity contribution in [3.8, 4) is 0 Å². The first-order chi connectivity index (χ1) is 10.5. The number of nitrogens with one attached hydrogen (secondary N) is 2. The number of carbonyl (C=O) groups is 2. The average Bonchev–Trinajstić information content (AvgIpc) is 3.07. The third kappa shape index (κ3) is 2.31. The molecule has 3 rings (SSSR count). The second-order valence-electron chi connectivity index (χ2n) is 8.13. The normalized spacial score (nSPS) is 20.9. The van der Waals surface area contributed by atoms with Crippen molar-refractivity contribution in [2.75, 3.05) is 5.32 Å². The van der Waals surface area contributed by atoms with E-state index < -0.39 is 19.7 Å². The van der Waals surface area contributed by atoms with Crippen molar-refractivity contribution in [2.24, 2.45) is 0 Å². The topological polar surface area (TPSA) is 96.2 Å². The Balaban J connectivity index is 1.98. The van der Waals surface area contributed by atoms with Crippen LogP contribution in [0.25, 0.3) is 0 Å². The highest BCUT2D eigenvalue weighted by Crippen LogP contribution is 2.61. The van der Waals surface area contributed by atoms with Crippen LogP contribution in [0.1, 0.15) is 37.9 Å². The molecule has 1 amide bonds. The van der Waals surface area contributed by atoms with Gasteiger partial charge < -0.3 is 15.7 Å². The van der Waals surface area contributed by atoms with Gasteiger partial charge in [-0.25, -0.2) is 4.79 Å². The Morgan fingerprint density at radius 2 is 1.91 bits per heavy atom. The van der Waals surface area contributed by atoms with E-state index in [0.717, 1.165) is 23.1 Å². The Morgan fingerprint density at radius 3 is 2.39 bits per heavy atom. The lowest BCUT2D eigenvalue weighted by atomic mass is 10.0. The predicted molar refractivity (Wildman–Crippen MR) is 89.4 cm³/mol. The van der Waals surface area contributed by atoms with E-state index in [9.17, 15) is 14.7 Å². The van der Waals surface area contributed by atoms with Crippen LogP contribution in [0.2, 0.25) is 24.7 Å². The van der Waals surface area contributed by atoms with Crippen molar-refractivity contribution in [1.29, 1.82) is 0 Å². The standard InChI is InChI=1S/C15H24N4O3Si/c1-14(2)10-9(8-16-14)11(19(18-10)13(21)22)17-12(20)15(6-7-15)23(3,4)5/h16H,6-8H2,1-5H3,(H,17,20)(H,21,22). The average molecular weight is 336 g/mol. The Kier molecular flexibility index (Phi) is 3.29. The van der Waals surface area contributed by atoms with E-state index in [0.29, 0.717) is 18.1 Å². The van der Waals surface area contributed by atoms with Crippen LogP contribution >= 0.6 is 0 Å². The minimum atomic E-state index is -1.67. The predicted octanol–water partition coefficient (Wildman–Crippen LogP) is 2.56. The summed E-state index contributed by atoms with van der Waals surface area (Å²) in [6, 6.07) is 0. The second-order valence-corrected chi connectivity index (χ2v) is 13.6. The van der Waals surface area contributed by atoms with Gasteiger partial charge in [-0.2, -0.15) is 5.10 Å². The molecule has 8 heteroatoms. The number of amides is 1. The van der Waals surface area contributed by atoms with E-state index in [4.69, 9.17) is 0 Å². The molecule has 2 heterocycles. The zero-order chi connectivity index (χ0) is 17.2. The molecule has 1 aromatic rings. The van der Waals surface area contributed by atoms with Crippen LogP contribution in [-0.4, -0.2) is 35.0 Å². The summed E-state index contributed by atoms with van der Waals surface area (Å²) < 4.78 is 0.908. The number of anilines is 1. The zero-order valence-electron chi connectivity index (χ0n) is 14.3. The van der Waals surface area contributed by atoms with Gasteiger partial charge in [0.15, 0.2) is 0 Å². The molecule has 0 bridgehead atoms. The number of carbonyl (C=O) groups excluding carboxylic acids is 1. The van der Waals surface area contributed by atoms with Crippen LogP contribution in [0.4, 0.5) is 10.6 Å². The third-order valence-corrected chi connectivity index (χ3v) is 8.91. The molecule has 126 valence electrons.